The molecule has 0 atom stereocenters. The Hall–Kier alpha value is -2.17. The third kappa shape index (κ3) is 3.60. The first-order chi connectivity index (χ1) is 11.1. The molecule has 0 unspecified atom stereocenters. The maximum absolute atomic E-state index is 11.8. The Labute approximate surface area is 137 Å². The maximum Gasteiger partial charge on any atom is 0.222 e. The summed E-state index contributed by atoms with van der Waals surface area (Å²) in [5, 5.41) is 7.74. The fraction of sp³-hybridized carbons (Fsp3) is 0.500. The fourth-order valence-corrected chi connectivity index (χ4v) is 3.08. The highest BCUT2D eigenvalue weighted by Crippen LogP contribution is 2.33. The van der Waals surface area contributed by atoms with Gasteiger partial charge in [0.05, 0.1) is 24.0 Å². The highest BCUT2D eigenvalue weighted by atomic mass is 16.1. The molecule has 3 rings (SSSR count). The van der Waals surface area contributed by atoms with Gasteiger partial charge in [-0.05, 0) is 31.0 Å². The quantitative estimate of drug-likeness (QED) is 0.921. The van der Waals surface area contributed by atoms with Gasteiger partial charge in [-0.25, -0.2) is 0 Å². The number of nitrogens with zero attached hydrogens (tertiary/aromatic N) is 3. The van der Waals surface area contributed by atoms with Crippen molar-refractivity contribution in [2.75, 3.05) is 0 Å². The molecule has 1 fully saturated rings. The van der Waals surface area contributed by atoms with E-state index in [0.29, 0.717) is 12.6 Å². The van der Waals surface area contributed by atoms with Crippen LogP contribution < -0.4 is 5.32 Å². The summed E-state index contributed by atoms with van der Waals surface area (Å²) in [5.74, 6) is 0.0532. The minimum atomic E-state index is -0.00779. The van der Waals surface area contributed by atoms with Crippen molar-refractivity contribution in [2.24, 2.45) is 5.92 Å². The number of pyridine rings is 1. The van der Waals surface area contributed by atoms with Gasteiger partial charge in [-0.2, -0.15) is 5.10 Å². The number of nitrogens with one attached hydrogen (secondary N) is 1. The van der Waals surface area contributed by atoms with Crippen molar-refractivity contribution in [1.82, 2.24) is 20.1 Å². The monoisotopic (exact) mass is 312 g/mol. The van der Waals surface area contributed by atoms with Crippen molar-refractivity contribution in [3.8, 4) is 11.3 Å². The fourth-order valence-electron chi connectivity index (χ4n) is 3.08. The second kappa shape index (κ2) is 6.94. The third-order valence-electron chi connectivity index (χ3n) is 4.40. The molecule has 2 aromatic rings. The minimum absolute atomic E-state index is 0.00779. The number of hydrogen-bond donors (Lipinski definition) is 1. The van der Waals surface area contributed by atoms with Gasteiger partial charge in [0.2, 0.25) is 5.91 Å². The first-order valence-corrected chi connectivity index (χ1v) is 8.41. The summed E-state index contributed by atoms with van der Waals surface area (Å²) in [6.07, 6.45) is 8.50. The van der Waals surface area contributed by atoms with Crippen molar-refractivity contribution in [3.05, 3.63) is 36.3 Å². The Morgan fingerprint density at radius 3 is 2.65 bits per heavy atom. The van der Waals surface area contributed by atoms with Gasteiger partial charge < -0.3 is 5.32 Å². The molecule has 1 aliphatic rings. The average Bonchev–Trinajstić information content (AvgIpc) is 3.22. The molecule has 2 aromatic heterocycles. The van der Waals surface area contributed by atoms with Crippen molar-refractivity contribution < 1.29 is 4.79 Å². The summed E-state index contributed by atoms with van der Waals surface area (Å²) in [6, 6.07) is 6.58. The van der Waals surface area contributed by atoms with Gasteiger partial charge in [0, 0.05) is 23.9 Å². The first-order valence-electron chi connectivity index (χ1n) is 8.41. The molecule has 1 saturated carbocycles. The normalized spacial score (nSPS) is 15.3. The van der Waals surface area contributed by atoms with Crippen LogP contribution in [0.2, 0.25) is 0 Å². The Bertz CT molecular complexity index is 657. The lowest BCUT2D eigenvalue weighted by Gasteiger charge is -2.14. The molecule has 2 heterocycles. The summed E-state index contributed by atoms with van der Waals surface area (Å²) in [5.41, 5.74) is 3.16. The van der Waals surface area contributed by atoms with Crippen LogP contribution in [0, 0.1) is 5.92 Å². The first kappa shape index (κ1) is 15.7. The maximum atomic E-state index is 11.8. The summed E-state index contributed by atoms with van der Waals surface area (Å²) in [7, 11) is 0. The predicted molar refractivity (Wildman–Crippen MR) is 89.6 cm³/mol. The van der Waals surface area contributed by atoms with Crippen molar-refractivity contribution in [2.45, 2.75) is 52.1 Å². The highest BCUT2D eigenvalue weighted by Gasteiger charge is 2.22. The highest BCUT2D eigenvalue weighted by molar-refractivity contribution is 5.77. The van der Waals surface area contributed by atoms with E-state index in [1.807, 2.05) is 38.4 Å². The van der Waals surface area contributed by atoms with Crippen molar-refractivity contribution in [3.63, 3.8) is 0 Å². The van der Waals surface area contributed by atoms with Crippen LogP contribution >= 0.6 is 0 Å². The van der Waals surface area contributed by atoms with Crippen LogP contribution in [-0.4, -0.2) is 20.7 Å². The molecule has 0 spiro atoms. The van der Waals surface area contributed by atoms with Crippen molar-refractivity contribution in [1.29, 1.82) is 0 Å². The lowest BCUT2D eigenvalue weighted by atomic mass is 10.1. The molecule has 1 N–H and O–H groups in total. The van der Waals surface area contributed by atoms with Crippen molar-refractivity contribution >= 4 is 5.91 Å². The number of amides is 1. The van der Waals surface area contributed by atoms with E-state index in [9.17, 15) is 4.79 Å². The van der Waals surface area contributed by atoms with Crippen LogP contribution in [0.3, 0.4) is 0 Å². The summed E-state index contributed by atoms with van der Waals surface area (Å²) >= 11 is 0. The lowest BCUT2D eigenvalue weighted by Crippen LogP contribution is -2.27. The second-order valence-corrected chi connectivity index (χ2v) is 6.51. The molecule has 122 valence electrons. The average molecular weight is 312 g/mol. The molecule has 5 heteroatoms. The molecular weight excluding hydrogens is 288 g/mol. The zero-order valence-electron chi connectivity index (χ0n) is 13.8. The van der Waals surface area contributed by atoms with Crippen LogP contribution in [-0.2, 0) is 11.3 Å². The van der Waals surface area contributed by atoms with E-state index in [1.54, 1.807) is 0 Å². The van der Waals surface area contributed by atoms with Crippen LogP contribution in [0.25, 0.3) is 11.3 Å². The molecule has 1 aliphatic carbocycles. The minimum Gasteiger partial charge on any atom is -0.350 e. The zero-order chi connectivity index (χ0) is 16.2. The number of carbonyl (C=O) groups excluding carboxylic acids is 1. The van der Waals surface area contributed by atoms with Crippen LogP contribution in [0.4, 0.5) is 0 Å². The number of rotatable bonds is 5. The van der Waals surface area contributed by atoms with Crippen LogP contribution in [0.15, 0.2) is 30.6 Å². The topological polar surface area (TPSA) is 59.8 Å². The van der Waals surface area contributed by atoms with Gasteiger partial charge in [0.25, 0.3) is 0 Å². The molecule has 23 heavy (non-hydrogen) atoms. The summed E-state index contributed by atoms with van der Waals surface area (Å²) < 4.78 is 2.15. The van der Waals surface area contributed by atoms with E-state index >= 15 is 0 Å². The van der Waals surface area contributed by atoms with Gasteiger partial charge in [0.1, 0.15) is 0 Å². The Morgan fingerprint density at radius 1 is 1.30 bits per heavy atom. The third-order valence-corrected chi connectivity index (χ3v) is 4.40. The van der Waals surface area contributed by atoms with Crippen LogP contribution in [0.1, 0.15) is 51.3 Å². The van der Waals surface area contributed by atoms with E-state index in [2.05, 4.69) is 21.0 Å². The standard InChI is InChI=1S/C18H24N4O/c1-13(2)18(23)20-12-15-11-17(14-7-9-19-10-8-14)22(21-15)16-5-3-4-6-16/h7-11,13,16H,3-6,12H2,1-2H3,(H,20,23). The van der Waals surface area contributed by atoms with Gasteiger partial charge in [-0.3, -0.25) is 14.5 Å². The van der Waals surface area contributed by atoms with E-state index in [1.165, 1.54) is 25.7 Å². The zero-order valence-corrected chi connectivity index (χ0v) is 13.8. The van der Waals surface area contributed by atoms with Gasteiger partial charge in [-0.1, -0.05) is 26.7 Å². The molecule has 5 nitrogen and oxygen atoms in total. The Morgan fingerprint density at radius 2 is 2.00 bits per heavy atom. The van der Waals surface area contributed by atoms with Gasteiger partial charge in [-0.15, -0.1) is 0 Å². The lowest BCUT2D eigenvalue weighted by molar-refractivity contribution is -0.124. The predicted octanol–water partition coefficient (Wildman–Crippen LogP) is 3.33. The van der Waals surface area contributed by atoms with E-state index in [4.69, 9.17) is 5.10 Å². The molecule has 1 amide bonds. The van der Waals surface area contributed by atoms with E-state index in [0.717, 1.165) is 17.0 Å². The SMILES string of the molecule is CC(C)C(=O)NCc1cc(-c2ccncc2)n(C2CCCC2)n1. The smallest absolute Gasteiger partial charge is 0.222 e. The Balaban J connectivity index is 1.86. The van der Waals surface area contributed by atoms with E-state index in [-0.39, 0.29) is 11.8 Å². The molecule has 0 radical (unpaired) electrons. The summed E-state index contributed by atoms with van der Waals surface area (Å²) in [6.45, 7) is 4.28. The van der Waals surface area contributed by atoms with Gasteiger partial charge in [0.15, 0.2) is 0 Å². The van der Waals surface area contributed by atoms with E-state index < -0.39 is 0 Å². The second-order valence-electron chi connectivity index (χ2n) is 6.51. The van der Waals surface area contributed by atoms with Crippen LogP contribution in [0.5, 0.6) is 0 Å². The largest absolute Gasteiger partial charge is 0.350 e. The van der Waals surface area contributed by atoms with Gasteiger partial charge >= 0.3 is 0 Å². The molecular formula is C18H24N4O. The molecule has 0 aromatic carbocycles. The Kier molecular flexibility index (Phi) is 4.74. The number of aromatic nitrogens is 3. The molecule has 0 saturated heterocycles. The molecule has 0 aliphatic heterocycles. The molecule has 0 bridgehead atoms. The number of hydrogen-bond acceptors (Lipinski definition) is 3. The number of carbonyl (C=O) groups is 1. The summed E-state index contributed by atoms with van der Waals surface area (Å²) in [4.78, 5) is 15.9.